The van der Waals surface area contributed by atoms with E-state index in [1.165, 1.54) is 8.47 Å². The van der Waals surface area contributed by atoms with Crippen LogP contribution in [0.5, 0.6) is 0 Å². The van der Waals surface area contributed by atoms with Crippen LogP contribution >= 0.6 is 34.4 Å². The van der Waals surface area contributed by atoms with E-state index in [0.717, 1.165) is 11.3 Å². The van der Waals surface area contributed by atoms with E-state index in [9.17, 15) is 0 Å². The van der Waals surface area contributed by atoms with E-state index in [-0.39, 0.29) is 0 Å². The molecule has 0 amide bonds. The lowest BCUT2D eigenvalue weighted by atomic mass is 10.2. The van der Waals surface area contributed by atoms with Gasteiger partial charge in [-0.15, -0.1) is 11.8 Å². The van der Waals surface area contributed by atoms with Crippen LogP contribution in [-0.4, -0.2) is 12.5 Å². The first-order valence-corrected chi connectivity index (χ1v) is 7.52. The fraction of sp³-hybridized carbons (Fsp3) is 0.0714. The number of hydrogen-bond acceptors (Lipinski definition) is 2. The highest BCUT2D eigenvalue weighted by atomic mass is 127. The maximum atomic E-state index is 4.44. The van der Waals surface area contributed by atoms with Crippen LogP contribution in [0.15, 0.2) is 58.4 Å². The molecule has 86 valence electrons. The largest absolute Gasteiger partial charge is 0.256 e. The molecule has 0 aliphatic heterocycles. The number of hydrogen-bond donors (Lipinski definition) is 0. The molecule has 17 heavy (non-hydrogen) atoms. The number of aliphatic imine (C=N–C) groups is 1. The maximum absolute atomic E-state index is 4.44. The highest BCUT2D eigenvalue weighted by Gasteiger charge is 1.91. The van der Waals surface area contributed by atoms with Crippen LogP contribution < -0.4 is 0 Å². The van der Waals surface area contributed by atoms with E-state index in [2.05, 4.69) is 70.2 Å². The summed E-state index contributed by atoms with van der Waals surface area (Å²) in [6, 6.07) is 16.6. The van der Waals surface area contributed by atoms with Crippen molar-refractivity contribution in [2.24, 2.45) is 4.99 Å². The Morgan fingerprint density at radius 3 is 2.24 bits per heavy atom. The number of benzene rings is 2. The molecule has 0 spiro atoms. The summed E-state index contributed by atoms with van der Waals surface area (Å²) in [5.41, 5.74) is 2.11. The summed E-state index contributed by atoms with van der Waals surface area (Å²) < 4.78 is 1.23. The molecule has 1 nitrogen and oxygen atoms in total. The summed E-state index contributed by atoms with van der Waals surface area (Å²) >= 11 is 4.04. The maximum Gasteiger partial charge on any atom is 0.0630 e. The van der Waals surface area contributed by atoms with Gasteiger partial charge in [-0.1, -0.05) is 12.1 Å². The standard InChI is InChI=1S/C14H12INS/c1-17-14-8-2-11(3-9-14)10-16-13-6-4-12(15)5-7-13/h2-10H,1H3. The molecule has 0 radical (unpaired) electrons. The Hall–Kier alpha value is -0.810. The Kier molecular flexibility index (Phi) is 4.62. The predicted octanol–water partition coefficient (Wildman–Crippen LogP) is 4.76. The minimum atomic E-state index is 0.986. The molecule has 0 N–H and O–H groups in total. The molecule has 2 aromatic carbocycles. The monoisotopic (exact) mass is 353 g/mol. The Labute approximate surface area is 119 Å². The molecule has 0 unspecified atom stereocenters. The lowest BCUT2D eigenvalue weighted by Gasteiger charge is -1.97. The molecule has 0 saturated carbocycles. The van der Waals surface area contributed by atoms with Gasteiger partial charge in [0.2, 0.25) is 0 Å². The van der Waals surface area contributed by atoms with Crippen LogP contribution in [0.2, 0.25) is 0 Å². The highest BCUT2D eigenvalue weighted by Crippen LogP contribution is 2.16. The van der Waals surface area contributed by atoms with Crippen LogP contribution in [0.25, 0.3) is 0 Å². The smallest absolute Gasteiger partial charge is 0.0630 e. The topological polar surface area (TPSA) is 12.4 Å². The molecule has 0 aliphatic carbocycles. The van der Waals surface area contributed by atoms with E-state index in [1.54, 1.807) is 11.8 Å². The van der Waals surface area contributed by atoms with Crippen molar-refractivity contribution in [2.45, 2.75) is 4.90 Å². The van der Waals surface area contributed by atoms with Gasteiger partial charge in [0.1, 0.15) is 0 Å². The summed E-state index contributed by atoms with van der Waals surface area (Å²) in [5.74, 6) is 0. The second-order valence-corrected chi connectivity index (χ2v) is 5.63. The van der Waals surface area contributed by atoms with Gasteiger partial charge in [0.25, 0.3) is 0 Å². The SMILES string of the molecule is CSc1ccc(C=Nc2ccc(I)cc2)cc1. The van der Waals surface area contributed by atoms with Crippen molar-refractivity contribution < 1.29 is 0 Å². The zero-order valence-electron chi connectivity index (χ0n) is 9.43. The summed E-state index contributed by atoms with van der Waals surface area (Å²) in [6.45, 7) is 0. The Balaban J connectivity index is 2.11. The first-order valence-electron chi connectivity index (χ1n) is 5.21. The molecular formula is C14H12INS. The summed E-state index contributed by atoms with van der Waals surface area (Å²) in [6.07, 6.45) is 3.97. The van der Waals surface area contributed by atoms with Gasteiger partial charge in [-0.3, -0.25) is 4.99 Å². The molecule has 0 bridgehead atoms. The molecule has 2 rings (SSSR count). The van der Waals surface area contributed by atoms with Crippen LogP contribution in [-0.2, 0) is 0 Å². The molecule has 0 saturated heterocycles. The molecular weight excluding hydrogens is 341 g/mol. The third kappa shape index (κ3) is 3.85. The normalized spacial score (nSPS) is 10.9. The quantitative estimate of drug-likeness (QED) is 0.440. The van der Waals surface area contributed by atoms with Gasteiger partial charge >= 0.3 is 0 Å². The van der Waals surface area contributed by atoms with Crippen LogP contribution in [0.3, 0.4) is 0 Å². The molecule has 0 aromatic heterocycles. The van der Waals surface area contributed by atoms with Crippen molar-refractivity contribution in [3.8, 4) is 0 Å². The molecule has 0 aliphatic rings. The molecule has 0 fully saturated rings. The first-order chi connectivity index (χ1) is 8.28. The lowest BCUT2D eigenvalue weighted by Crippen LogP contribution is -1.80. The number of thioether (sulfide) groups is 1. The van der Waals surface area contributed by atoms with Crippen molar-refractivity contribution in [1.29, 1.82) is 0 Å². The van der Waals surface area contributed by atoms with Gasteiger partial charge in [0.15, 0.2) is 0 Å². The zero-order valence-corrected chi connectivity index (χ0v) is 12.4. The average Bonchev–Trinajstić information content (AvgIpc) is 2.39. The van der Waals surface area contributed by atoms with Gasteiger partial charge in [0, 0.05) is 14.7 Å². The third-order valence-corrected chi connectivity index (χ3v) is 3.77. The van der Waals surface area contributed by atoms with Gasteiger partial charge in [-0.05, 0) is 70.8 Å². The average molecular weight is 353 g/mol. The zero-order chi connectivity index (χ0) is 12.1. The van der Waals surface area contributed by atoms with E-state index in [1.807, 2.05) is 18.3 Å². The first kappa shape index (κ1) is 12.6. The number of halogens is 1. The Morgan fingerprint density at radius 2 is 1.65 bits per heavy atom. The van der Waals surface area contributed by atoms with Crippen molar-refractivity contribution >= 4 is 46.3 Å². The molecule has 0 heterocycles. The van der Waals surface area contributed by atoms with Gasteiger partial charge in [-0.25, -0.2) is 0 Å². The fourth-order valence-corrected chi connectivity index (χ4v) is 2.13. The van der Waals surface area contributed by atoms with E-state index in [4.69, 9.17) is 0 Å². The minimum absolute atomic E-state index is 0.986. The third-order valence-electron chi connectivity index (χ3n) is 2.31. The van der Waals surface area contributed by atoms with E-state index >= 15 is 0 Å². The van der Waals surface area contributed by atoms with Crippen LogP contribution in [0, 0.1) is 3.57 Å². The van der Waals surface area contributed by atoms with Gasteiger partial charge in [-0.2, -0.15) is 0 Å². The van der Waals surface area contributed by atoms with Gasteiger partial charge in [0.05, 0.1) is 5.69 Å². The molecule has 0 atom stereocenters. The number of nitrogens with zero attached hydrogens (tertiary/aromatic N) is 1. The van der Waals surface area contributed by atoms with Crippen LogP contribution in [0.4, 0.5) is 5.69 Å². The summed E-state index contributed by atoms with van der Waals surface area (Å²) in [4.78, 5) is 5.71. The highest BCUT2D eigenvalue weighted by molar-refractivity contribution is 14.1. The molecule has 2 aromatic rings. The van der Waals surface area contributed by atoms with Crippen molar-refractivity contribution in [3.63, 3.8) is 0 Å². The fourth-order valence-electron chi connectivity index (χ4n) is 1.37. The second kappa shape index (κ2) is 6.21. The van der Waals surface area contributed by atoms with Crippen LogP contribution in [0.1, 0.15) is 5.56 Å². The Bertz CT molecular complexity index is 503. The second-order valence-electron chi connectivity index (χ2n) is 3.51. The van der Waals surface area contributed by atoms with Crippen molar-refractivity contribution in [2.75, 3.05) is 6.26 Å². The summed E-state index contributed by atoms with van der Waals surface area (Å²) in [7, 11) is 0. The van der Waals surface area contributed by atoms with E-state index in [0.29, 0.717) is 0 Å². The minimum Gasteiger partial charge on any atom is -0.256 e. The summed E-state index contributed by atoms with van der Waals surface area (Å²) in [5, 5.41) is 0. The Morgan fingerprint density at radius 1 is 1.00 bits per heavy atom. The van der Waals surface area contributed by atoms with Crippen molar-refractivity contribution in [1.82, 2.24) is 0 Å². The van der Waals surface area contributed by atoms with Crippen molar-refractivity contribution in [3.05, 3.63) is 57.7 Å². The number of rotatable bonds is 3. The van der Waals surface area contributed by atoms with E-state index < -0.39 is 0 Å². The lowest BCUT2D eigenvalue weighted by molar-refractivity contribution is 1.45. The van der Waals surface area contributed by atoms with Gasteiger partial charge < -0.3 is 0 Å². The molecule has 3 heteroatoms. The predicted molar refractivity (Wildman–Crippen MR) is 84.6 cm³/mol.